The van der Waals surface area contributed by atoms with Gasteiger partial charge in [0, 0.05) is 31.5 Å². The monoisotopic (exact) mass is 314 g/mol. The number of hydrogen-bond acceptors (Lipinski definition) is 2. The minimum atomic E-state index is -0.184. The number of hydrogen-bond donors (Lipinski definition) is 1. The predicted octanol–water partition coefficient (Wildman–Crippen LogP) is 2.48. The zero-order valence-electron chi connectivity index (χ0n) is 13.9. The number of nitrogens with one attached hydrogen (secondary N) is 1. The van der Waals surface area contributed by atoms with Crippen LogP contribution in [-0.4, -0.2) is 36.3 Å². The first-order chi connectivity index (χ1) is 11.1. The van der Waals surface area contributed by atoms with Crippen molar-refractivity contribution in [3.05, 3.63) is 35.9 Å². The van der Waals surface area contributed by atoms with Crippen LogP contribution < -0.4 is 5.32 Å². The third-order valence-electron chi connectivity index (χ3n) is 5.51. The number of rotatable bonds is 5. The van der Waals surface area contributed by atoms with E-state index in [-0.39, 0.29) is 23.1 Å². The number of nitrogens with zero attached hydrogens (tertiary/aromatic N) is 1. The van der Waals surface area contributed by atoms with Crippen molar-refractivity contribution >= 4 is 11.8 Å². The van der Waals surface area contributed by atoms with Crippen LogP contribution in [0.5, 0.6) is 0 Å². The lowest BCUT2D eigenvalue weighted by molar-refractivity contribution is -0.128. The Morgan fingerprint density at radius 3 is 2.57 bits per heavy atom. The van der Waals surface area contributed by atoms with E-state index in [1.54, 1.807) is 4.90 Å². The van der Waals surface area contributed by atoms with Gasteiger partial charge in [0.15, 0.2) is 0 Å². The molecule has 1 atom stereocenters. The van der Waals surface area contributed by atoms with Crippen LogP contribution in [-0.2, 0) is 15.0 Å². The molecule has 1 heterocycles. The van der Waals surface area contributed by atoms with Gasteiger partial charge < -0.3 is 10.2 Å². The minimum Gasteiger partial charge on any atom is -0.355 e. The molecule has 4 nitrogen and oxygen atoms in total. The Hall–Kier alpha value is -1.84. The summed E-state index contributed by atoms with van der Waals surface area (Å²) in [7, 11) is 0. The van der Waals surface area contributed by atoms with Crippen LogP contribution in [0.1, 0.15) is 44.6 Å². The van der Waals surface area contributed by atoms with Gasteiger partial charge in [0.25, 0.3) is 0 Å². The van der Waals surface area contributed by atoms with Crippen LogP contribution in [0.4, 0.5) is 0 Å². The predicted molar refractivity (Wildman–Crippen MR) is 90.0 cm³/mol. The van der Waals surface area contributed by atoms with Gasteiger partial charge in [-0.2, -0.15) is 0 Å². The van der Waals surface area contributed by atoms with E-state index in [1.807, 2.05) is 13.0 Å². The van der Waals surface area contributed by atoms with E-state index in [0.717, 1.165) is 12.8 Å². The second kappa shape index (κ2) is 6.73. The van der Waals surface area contributed by atoms with E-state index in [4.69, 9.17) is 0 Å². The fourth-order valence-corrected chi connectivity index (χ4v) is 4.06. The summed E-state index contributed by atoms with van der Waals surface area (Å²) in [6.45, 7) is 3.91. The highest BCUT2D eigenvalue weighted by Crippen LogP contribution is 2.40. The number of carbonyl (C=O) groups excluding carboxylic acids is 2. The maximum atomic E-state index is 12.5. The molecule has 0 spiro atoms. The highest BCUT2D eigenvalue weighted by Gasteiger charge is 2.38. The van der Waals surface area contributed by atoms with E-state index in [9.17, 15) is 9.59 Å². The molecule has 0 bridgehead atoms. The lowest BCUT2D eigenvalue weighted by atomic mass is 9.78. The normalized spacial score (nSPS) is 23.3. The topological polar surface area (TPSA) is 49.4 Å². The van der Waals surface area contributed by atoms with Crippen LogP contribution in [0.15, 0.2) is 30.3 Å². The number of carbonyl (C=O) groups is 2. The van der Waals surface area contributed by atoms with E-state index >= 15 is 0 Å². The summed E-state index contributed by atoms with van der Waals surface area (Å²) < 4.78 is 0. The third-order valence-corrected chi connectivity index (χ3v) is 5.51. The van der Waals surface area contributed by atoms with E-state index < -0.39 is 0 Å². The first-order valence-electron chi connectivity index (χ1n) is 8.76. The zero-order chi connectivity index (χ0) is 16.3. The minimum absolute atomic E-state index is 0.0384. The quantitative estimate of drug-likeness (QED) is 0.908. The van der Waals surface area contributed by atoms with E-state index in [0.29, 0.717) is 26.1 Å². The molecule has 4 heteroatoms. The van der Waals surface area contributed by atoms with Crippen molar-refractivity contribution in [1.29, 1.82) is 0 Å². The fourth-order valence-electron chi connectivity index (χ4n) is 4.06. The smallest absolute Gasteiger partial charge is 0.225 e. The maximum absolute atomic E-state index is 12.5. The van der Waals surface area contributed by atoms with Crippen molar-refractivity contribution in [3.8, 4) is 0 Å². The first kappa shape index (κ1) is 16.0. The Bertz CT molecular complexity index is 564. The van der Waals surface area contributed by atoms with Crippen LogP contribution in [0, 0.1) is 5.92 Å². The van der Waals surface area contributed by atoms with Crippen LogP contribution in [0.25, 0.3) is 0 Å². The van der Waals surface area contributed by atoms with Crippen LogP contribution in [0.2, 0.25) is 0 Å². The number of benzene rings is 1. The molecule has 0 aromatic heterocycles. The van der Waals surface area contributed by atoms with Gasteiger partial charge in [0.05, 0.1) is 5.92 Å². The Morgan fingerprint density at radius 2 is 1.96 bits per heavy atom. The van der Waals surface area contributed by atoms with Crippen molar-refractivity contribution in [3.63, 3.8) is 0 Å². The molecule has 2 amide bonds. The molecule has 1 aromatic carbocycles. The van der Waals surface area contributed by atoms with Crippen molar-refractivity contribution in [2.45, 2.75) is 44.4 Å². The summed E-state index contributed by atoms with van der Waals surface area (Å²) in [6.07, 6.45) is 5.05. The summed E-state index contributed by atoms with van der Waals surface area (Å²) in [5.41, 5.74) is 1.40. The molecule has 3 rings (SSSR count). The fraction of sp³-hybridized carbons (Fsp3) is 0.579. The summed E-state index contributed by atoms with van der Waals surface area (Å²) in [4.78, 5) is 26.1. The Morgan fingerprint density at radius 1 is 1.26 bits per heavy atom. The highest BCUT2D eigenvalue weighted by molar-refractivity contribution is 5.89. The maximum Gasteiger partial charge on any atom is 0.225 e. The first-order valence-corrected chi connectivity index (χ1v) is 8.76. The van der Waals surface area contributed by atoms with Gasteiger partial charge in [-0.25, -0.2) is 0 Å². The molecule has 1 aliphatic heterocycles. The molecule has 1 saturated heterocycles. The molecule has 0 unspecified atom stereocenters. The van der Waals surface area contributed by atoms with Gasteiger partial charge in [0.2, 0.25) is 11.8 Å². The van der Waals surface area contributed by atoms with Crippen molar-refractivity contribution < 1.29 is 9.59 Å². The van der Waals surface area contributed by atoms with Gasteiger partial charge in [-0.15, -0.1) is 0 Å². The van der Waals surface area contributed by atoms with Gasteiger partial charge in [-0.1, -0.05) is 43.2 Å². The molecule has 124 valence electrons. The second-order valence-corrected chi connectivity index (χ2v) is 6.90. The molecule has 23 heavy (non-hydrogen) atoms. The van der Waals surface area contributed by atoms with Crippen LogP contribution in [0.3, 0.4) is 0 Å². The molecule has 1 saturated carbocycles. The average Bonchev–Trinajstić information content (AvgIpc) is 3.21. The molecule has 0 radical (unpaired) electrons. The number of amides is 2. The van der Waals surface area contributed by atoms with Gasteiger partial charge >= 0.3 is 0 Å². The second-order valence-electron chi connectivity index (χ2n) is 6.90. The lowest BCUT2D eigenvalue weighted by Crippen LogP contribution is -2.42. The molecule has 1 aromatic rings. The highest BCUT2D eigenvalue weighted by atomic mass is 16.2. The van der Waals surface area contributed by atoms with Gasteiger partial charge in [-0.05, 0) is 25.3 Å². The van der Waals surface area contributed by atoms with Crippen LogP contribution >= 0.6 is 0 Å². The van der Waals surface area contributed by atoms with Crippen molar-refractivity contribution in [2.75, 3.05) is 19.6 Å². The van der Waals surface area contributed by atoms with Gasteiger partial charge in [0.1, 0.15) is 0 Å². The lowest BCUT2D eigenvalue weighted by Gasteiger charge is -2.30. The zero-order valence-corrected chi connectivity index (χ0v) is 13.9. The summed E-state index contributed by atoms with van der Waals surface area (Å²) in [6, 6.07) is 10.5. The third kappa shape index (κ3) is 3.26. The van der Waals surface area contributed by atoms with Gasteiger partial charge in [-0.3, -0.25) is 9.59 Å². The molecule has 1 aliphatic carbocycles. The Balaban J connectivity index is 1.64. The largest absolute Gasteiger partial charge is 0.355 e. The van der Waals surface area contributed by atoms with E-state index in [2.05, 4.69) is 29.6 Å². The Labute approximate surface area is 138 Å². The summed E-state index contributed by atoms with van der Waals surface area (Å²) in [5, 5.41) is 3.15. The molecule has 2 fully saturated rings. The van der Waals surface area contributed by atoms with Crippen molar-refractivity contribution in [2.24, 2.45) is 5.92 Å². The SMILES string of the molecule is CCN1C[C@@H](C(=O)NCC2(c3ccccc3)CCCC2)CC1=O. The molecule has 1 N–H and O–H groups in total. The summed E-state index contributed by atoms with van der Waals surface area (Å²) >= 11 is 0. The van der Waals surface area contributed by atoms with E-state index in [1.165, 1.54) is 18.4 Å². The molecule has 2 aliphatic rings. The number of likely N-dealkylation sites (tertiary alicyclic amines) is 1. The average molecular weight is 314 g/mol. The standard InChI is InChI=1S/C19H26N2O2/c1-2-21-13-15(12-17(21)22)18(23)20-14-19(10-6-7-11-19)16-8-4-3-5-9-16/h3-5,8-9,15H,2,6-7,10-14H2,1H3,(H,20,23)/t15-/m0/s1. The summed E-state index contributed by atoms with van der Waals surface area (Å²) in [5.74, 6) is -0.0422. The molecular formula is C19H26N2O2. The van der Waals surface area contributed by atoms with Crippen molar-refractivity contribution in [1.82, 2.24) is 10.2 Å². The molecular weight excluding hydrogens is 288 g/mol. The Kier molecular flexibility index (Phi) is 4.69.